The topological polar surface area (TPSA) is 49.0 Å². The zero-order valence-electron chi connectivity index (χ0n) is 14.3. The van der Waals surface area contributed by atoms with Crippen LogP contribution in [0.15, 0.2) is 50.7 Å². The highest BCUT2D eigenvalue weighted by molar-refractivity contribution is 8.18. The first kappa shape index (κ1) is 16.9. The molecule has 0 N–H and O–H groups in total. The fraction of sp³-hybridized carbons (Fsp3) is 0.263. The van der Waals surface area contributed by atoms with Crippen molar-refractivity contribution in [3.8, 4) is 0 Å². The molecule has 134 valence electrons. The molecule has 1 saturated heterocycles. The van der Waals surface area contributed by atoms with Gasteiger partial charge in [-0.25, -0.2) is 4.39 Å². The summed E-state index contributed by atoms with van der Waals surface area (Å²) in [5.41, 5.74) is 1.01. The number of amidine groups is 1. The van der Waals surface area contributed by atoms with Crippen molar-refractivity contribution in [1.82, 2.24) is 4.90 Å². The molecule has 0 spiro atoms. The third-order valence-corrected chi connectivity index (χ3v) is 5.43. The fourth-order valence-corrected chi connectivity index (χ4v) is 3.95. The van der Waals surface area contributed by atoms with Gasteiger partial charge in [0.2, 0.25) is 0 Å². The maximum atomic E-state index is 13.1. The van der Waals surface area contributed by atoms with Gasteiger partial charge in [-0.2, -0.15) is 4.99 Å². The van der Waals surface area contributed by atoms with E-state index in [4.69, 9.17) is 4.42 Å². The van der Waals surface area contributed by atoms with Gasteiger partial charge in [-0.15, -0.1) is 0 Å². The Morgan fingerprint density at radius 2 is 1.77 bits per heavy atom. The lowest BCUT2D eigenvalue weighted by Crippen LogP contribution is -2.47. The zero-order valence-corrected chi connectivity index (χ0v) is 15.1. The van der Waals surface area contributed by atoms with Crippen LogP contribution in [0.25, 0.3) is 6.08 Å². The number of amides is 1. The molecule has 1 amide bonds. The summed E-state index contributed by atoms with van der Waals surface area (Å²) in [4.78, 5) is 21.3. The SMILES string of the molecule is Cc1ccc(C=C2SC(N3CCN(c4ccc(F)cc4)CC3)=NC2=O)o1. The summed E-state index contributed by atoms with van der Waals surface area (Å²) in [5.74, 6) is 1.02. The number of furan rings is 1. The Bertz CT molecular complexity index is 880. The van der Waals surface area contributed by atoms with Crippen LogP contribution in [0.1, 0.15) is 11.5 Å². The van der Waals surface area contributed by atoms with Crippen molar-refractivity contribution in [1.29, 1.82) is 0 Å². The molecule has 1 aromatic heterocycles. The number of thioether (sulfide) groups is 1. The van der Waals surface area contributed by atoms with Crippen molar-refractivity contribution in [3.63, 3.8) is 0 Å². The van der Waals surface area contributed by atoms with Crippen LogP contribution in [0.3, 0.4) is 0 Å². The van der Waals surface area contributed by atoms with Gasteiger partial charge in [-0.1, -0.05) is 0 Å². The molecule has 3 heterocycles. The molecular formula is C19H18FN3O2S. The number of nitrogens with zero attached hydrogens (tertiary/aromatic N) is 3. The van der Waals surface area contributed by atoms with Crippen LogP contribution in [0.4, 0.5) is 10.1 Å². The Morgan fingerprint density at radius 1 is 1.08 bits per heavy atom. The first-order valence-electron chi connectivity index (χ1n) is 8.43. The van der Waals surface area contributed by atoms with Gasteiger partial charge >= 0.3 is 0 Å². The zero-order chi connectivity index (χ0) is 18.1. The maximum absolute atomic E-state index is 13.1. The first-order chi connectivity index (χ1) is 12.6. The van der Waals surface area contributed by atoms with Gasteiger partial charge in [0.25, 0.3) is 5.91 Å². The third-order valence-electron chi connectivity index (χ3n) is 4.39. The summed E-state index contributed by atoms with van der Waals surface area (Å²) >= 11 is 1.39. The van der Waals surface area contributed by atoms with E-state index in [1.165, 1.54) is 23.9 Å². The normalized spacial score (nSPS) is 19.4. The number of hydrogen-bond donors (Lipinski definition) is 0. The highest BCUT2D eigenvalue weighted by Gasteiger charge is 2.28. The molecule has 7 heteroatoms. The van der Waals surface area contributed by atoms with Gasteiger partial charge in [0.1, 0.15) is 17.3 Å². The molecule has 26 heavy (non-hydrogen) atoms. The van der Waals surface area contributed by atoms with E-state index in [0.717, 1.165) is 42.8 Å². The molecule has 2 aliphatic heterocycles. The Morgan fingerprint density at radius 3 is 2.42 bits per heavy atom. The monoisotopic (exact) mass is 371 g/mol. The van der Waals surface area contributed by atoms with Gasteiger partial charge in [-0.05, 0) is 55.1 Å². The van der Waals surface area contributed by atoms with Crippen LogP contribution in [0.5, 0.6) is 0 Å². The second kappa shape index (κ2) is 6.99. The second-order valence-electron chi connectivity index (χ2n) is 6.21. The van der Waals surface area contributed by atoms with E-state index in [1.54, 1.807) is 18.2 Å². The van der Waals surface area contributed by atoms with E-state index in [1.807, 2.05) is 19.1 Å². The summed E-state index contributed by atoms with van der Waals surface area (Å²) in [6.45, 7) is 5.01. The molecule has 2 aromatic rings. The molecule has 0 aliphatic carbocycles. The Labute approximate surface area is 155 Å². The molecule has 1 fully saturated rings. The Hall–Kier alpha value is -2.54. The molecule has 0 radical (unpaired) electrons. The molecule has 0 saturated carbocycles. The predicted molar refractivity (Wildman–Crippen MR) is 102 cm³/mol. The van der Waals surface area contributed by atoms with Crippen LogP contribution in [0, 0.1) is 12.7 Å². The standard InChI is InChI=1S/C19H18FN3O2S/c1-13-2-7-16(25-13)12-17-18(24)21-19(26-17)23-10-8-22(9-11-23)15-5-3-14(20)4-6-15/h2-7,12H,8-11H2,1H3. The van der Waals surface area contributed by atoms with Crippen LogP contribution in [-0.4, -0.2) is 42.2 Å². The van der Waals surface area contributed by atoms with Crippen LogP contribution < -0.4 is 4.90 Å². The predicted octanol–water partition coefficient (Wildman–Crippen LogP) is 3.52. The number of aryl methyl sites for hydroxylation is 1. The number of halogens is 1. The average molecular weight is 371 g/mol. The molecule has 4 rings (SSSR count). The second-order valence-corrected chi connectivity index (χ2v) is 7.22. The lowest BCUT2D eigenvalue weighted by molar-refractivity contribution is -0.113. The van der Waals surface area contributed by atoms with E-state index in [2.05, 4.69) is 14.8 Å². The molecule has 5 nitrogen and oxygen atoms in total. The number of aliphatic imine (C=N–C) groups is 1. The minimum Gasteiger partial charge on any atom is -0.462 e. The number of piperazine rings is 1. The van der Waals surface area contributed by atoms with Crippen molar-refractivity contribution in [3.05, 3.63) is 58.6 Å². The first-order valence-corrected chi connectivity index (χ1v) is 9.24. The number of benzene rings is 1. The number of rotatable bonds is 2. The van der Waals surface area contributed by atoms with Crippen LogP contribution in [0.2, 0.25) is 0 Å². The van der Waals surface area contributed by atoms with E-state index >= 15 is 0 Å². The van der Waals surface area contributed by atoms with Crippen LogP contribution in [-0.2, 0) is 4.79 Å². The molecule has 0 unspecified atom stereocenters. The summed E-state index contributed by atoms with van der Waals surface area (Å²) < 4.78 is 18.6. The van der Waals surface area contributed by atoms with Gasteiger partial charge in [0.05, 0.1) is 4.91 Å². The number of carbonyl (C=O) groups excluding carboxylic acids is 1. The highest BCUT2D eigenvalue weighted by Crippen LogP contribution is 2.31. The van der Waals surface area contributed by atoms with E-state index < -0.39 is 0 Å². The Balaban J connectivity index is 1.39. The van der Waals surface area contributed by atoms with Gasteiger partial charge in [0, 0.05) is 37.9 Å². The van der Waals surface area contributed by atoms with Crippen molar-refractivity contribution in [2.75, 3.05) is 31.1 Å². The highest BCUT2D eigenvalue weighted by atomic mass is 32.2. The van der Waals surface area contributed by atoms with Gasteiger partial charge < -0.3 is 14.2 Å². The quantitative estimate of drug-likeness (QED) is 0.756. The van der Waals surface area contributed by atoms with E-state index in [0.29, 0.717) is 10.7 Å². The minimum atomic E-state index is -0.228. The summed E-state index contributed by atoms with van der Waals surface area (Å²) in [6.07, 6.45) is 1.74. The van der Waals surface area contributed by atoms with Crippen LogP contribution >= 0.6 is 11.8 Å². The van der Waals surface area contributed by atoms with Crippen molar-refractivity contribution >= 4 is 34.6 Å². The van der Waals surface area contributed by atoms with E-state index in [-0.39, 0.29) is 11.7 Å². The summed E-state index contributed by atoms with van der Waals surface area (Å²) in [7, 11) is 0. The average Bonchev–Trinajstić information content (AvgIpc) is 3.22. The molecule has 0 atom stereocenters. The largest absolute Gasteiger partial charge is 0.462 e. The number of hydrogen-bond acceptors (Lipinski definition) is 5. The van der Waals surface area contributed by atoms with E-state index in [9.17, 15) is 9.18 Å². The van der Waals surface area contributed by atoms with Crippen molar-refractivity contribution in [2.45, 2.75) is 6.92 Å². The van der Waals surface area contributed by atoms with Crippen molar-refractivity contribution in [2.24, 2.45) is 4.99 Å². The summed E-state index contributed by atoms with van der Waals surface area (Å²) in [6, 6.07) is 10.3. The number of anilines is 1. The van der Waals surface area contributed by atoms with Gasteiger partial charge in [0.15, 0.2) is 5.17 Å². The Kier molecular flexibility index (Phi) is 4.55. The summed E-state index contributed by atoms with van der Waals surface area (Å²) in [5, 5.41) is 0.739. The molecule has 1 aromatic carbocycles. The minimum absolute atomic E-state index is 0.222. The molecule has 2 aliphatic rings. The molecular weight excluding hydrogens is 353 g/mol. The lowest BCUT2D eigenvalue weighted by atomic mass is 10.2. The fourth-order valence-electron chi connectivity index (χ4n) is 3.00. The van der Waals surface area contributed by atoms with Crippen molar-refractivity contribution < 1.29 is 13.6 Å². The molecule has 0 bridgehead atoms. The lowest BCUT2D eigenvalue weighted by Gasteiger charge is -2.36. The maximum Gasteiger partial charge on any atom is 0.286 e. The smallest absolute Gasteiger partial charge is 0.286 e. The number of carbonyl (C=O) groups is 1. The van der Waals surface area contributed by atoms with Gasteiger partial charge in [-0.3, -0.25) is 4.79 Å². The third kappa shape index (κ3) is 3.53.